The summed E-state index contributed by atoms with van der Waals surface area (Å²) >= 11 is 0. The summed E-state index contributed by atoms with van der Waals surface area (Å²) in [5.74, 6) is 0.275. The molecule has 1 aromatic carbocycles. The molecule has 1 amide bonds. The molecule has 0 saturated heterocycles. The van der Waals surface area contributed by atoms with Crippen LogP contribution in [-0.4, -0.2) is 22.2 Å². The van der Waals surface area contributed by atoms with Crippen molar-refractivity contribution in [3.63, 3.8) is 0 Å². The SMILES string of the molecule is CC[C@@H](CNC(=O)/C=C/c1c(C)nn(C)c1C)c1ccccc1. The minimum absolute atomic E-state index is 0.0676. The predicted octanol–water partition coefficient (Wildman–Crippen LogP) is 3.36. The second-order valence-corrected chi connectivity index (χ2v) is 5.80. The van der Waals surface area contributed by atoms with Crippen molar-refractivity contribution in [2.75, 3.05) is 6.54 Å². The van der Waals surface area contributed by atoms with Crippen LogP contribution in [0, 0.1) is 13.8 Å². The Morgan fingerprint density at radius 3 is 2.57 bits per heavy atom. The summed E-state index contributed by atoms with van der Waals surface area (Å²) in [7, 11) is 1.91. The standard InChI is InChI=1S/C19H25N3O/c1-5-16(17-9-7-6-8-10-17)13-20-19(23)12-11-18-14(2)21-22(4)15(18)3/h6-12,16H,5,13H2,1-4H3,(H,20,23)/b12-11+/t16-/m0/s1. The number of nitrogens with one attached hydrogen (secondary N) is 1. The molecule has 0 aliphatic heterocycles. The van der Waals surface area contributed by atoms with Crippen molar-refractivity contribution in [3.05, 3.63) is 58.9 Å². The summed E-state index contributed by atoms with van der Waals surface area (Å²) in [6.45, 7) is 6.74. The number of aromatic nitrogens is 2. The lowest BCUT2D eigenvalue weighted by Crippen LogP contribution is -2.26. The van der Waals surface area contributed by atoms with Gasteiger partial charge in [-0.1, -0.05) is 37.3 Å². The van der Waals surface area contributed by atoms with Crippen LogP contribution in [0.15, 0.2) is 36.4 Å². The van der Waals surface area contributed by atoms with Gasteiger partial charge in [0.15, 0.2) is 0 Å². The maximum absolute atomic E-state index is 12.1. The Balaban J connectivity index is 1.95. The molecule has 0 saturated carbocycles. The third-order valence-electron chi connectivity index (χ3n) is 4.25. The topological polar surface area (TPSA) is 46.9 Å². The van der Waals surface area contributed by atoms with E-state index >= 15 is 0 Å². The number of rotatable bonds is 6. The van der Waals surface area contributed by atoms with Gasteiger partial charge in [-0.2, -0.15) is 5.10 Å². The molecule has 1 N–H and O–H groups in total. The van der Waals surface area contributed by atoms with Crippen LogP contribution in [0.4, 0.5) is 0 Å². The molecule has 1 atom stereocenters. The van der Waals surface area contributed by atoms with E-state index < -0.39 is 0 Å². The number of aryl methyl sites for hydroxylation is 2. The number of hydrogen-bond acceptors (Lipinski definition) is 2. The first kappa shape index (κ1) is 17.0. The quantitative estimate of drug-likeness (QED) is 0.832. The molecule has 1 heterocycles. The van der Waals surface area contributed by atoms with Crippen molar-refractivity contribution in [2.24, 2.45) is 7.05 Å². The molecule has 0 spiro atoms. The van der Waals surface area contributed by atoms with Gasteiger partial charge in [-0.3, -0.25) is 9.48 Å². The Labute approximate surface area is 138 Å². The molecule has 2 rings (SSSR count). The summed E-state index contributed by atoms with van der Waals surface area (Å²) in [6.07, 6.45) is 4.43. The molecule has 0 fully saturated rings. The smallest absolute Gasteiger partial charge is 0.244 e. The Hall–Kier alpha value is -2.36. The van der Waals surface area contributed by atoms with Gasteiger partial charge in [0.25, 0.3) is 0 Å². The van der Waals surface area contributed by atoms with Gasteiger partial charge in [0.2, 0.25) is 5.91 Å². The van der Waals surface area contributed by atoms with E-state index in [-0.39, 0.29) is 5.91 Å². The maximum Gasteiger partial charge on any atom is 0.244 e. The highest BCUT2D eigenvalue weighted by Gasteiger charge is 2.10. The zero-order chi connectivity index (χ0) is 16.8. The van der Waals surface area contributed by atoms with E-state index in [0.29, 0.717) is 12.5 Å². The second kappa shape index (κ2) is 7.77. The van der Waals surface area contributed by atoms with Crippen molar-refractivity contribution < 1.29 is 4.79 Å². The number of hydrogen-bond donors (Lipinski definition) is 1. The molecule has 2 aromatic rings. The van der Waals surface area contributed by atoms with Crippen LogP contribution in [0.2, 0.25) is 0 Å². The van der Waals surface area contributed by atoms with Crippen LogP contribution in [0.5, 0.6) is 0 Å². The summed E-state index contributed by atoms with van der Waals surface area (Å²) < 4.78 is 1.83. The number of benzene rings is 1. The fraction of sp³-hybridized carbons (Fsp3) is 0.368. The van der Waals surface area contributed by atoms with Crippen LogP contribution in [0.3, 0.4) is 0 Å². The fourth-order valence-corrected chi connectivity index (χ4v) is 2.70. The highest BCUT2D eigenvalue weighted by Crippen LogP contribution is 2.18. The minimum Gasteiger partial charge on any atom is -0.352 e. The van der Waals surface area contributed by atoms with Crippen molar-refractivity contribution in [1.82, 2.24) is 15.1 Å². The second-order valence-electron chi connectivity index (χ2n) is 5.80. The lowest BCUT2D eigenvalue weighted by molar-refractivity contribution is -0.116. The summed E-state index contributed by atoms with van der Waals surface area (Å²) in [5.41, 5.74) is 4.27. The average Bonchev–Trinajstić information content (AvgIpc) is 2.79. The number of carbonyl (C=O) groups is 1. The molecule has 0 radical (unpaired) electrons. The maximum atomic E-state index is 12.1. The van der Waals surface area contributed by atoms with E-state index in [1.807, 2.05) is 49.9 Å². The van der Waals surface area contributed by atoms with Gasteiger partial charge in [0.05, 0.1) is 5.69 Å². The van der Waals surface area contributed by atoms with Gasteiger partial charge >= 0.3 is 0 Å². The highest BCUT2D eigenvalue weighted by molar-refractivity contribution is 5.92. The molecule has 4 heteroatoms. The first-order valence-electron chi connectivity index (χ1n) is 8.04. The zero-order valence-electron chi connectivity index (χ0n) is 14.3. The Morgan fingerprint density at radius 1 is 1.30 bits per heavy atom. The van der Waals surface area contributed by atoms with Crippen LogP contribution in [-0.2, 0) is 11.8 Å². The molecule has 1 aromatic heterocycles. The number of amides is 1. The molecule has 23 heavy (non-hydrogen) atoms. The van der Waals surface area contributed by atoms with Crippen molar-refractivity contribution in [1.29, 1.82) is 0 Å². The fourth-order valence-electron chi connectivity index (χ4n) is 2.70. The predicted molar refractivity (Wildman–Crippen MR) is 94.2 cm³/mol. The monoisotopic (exact) mass is 311 g/mol. The lowest BCUT2D eigenvalue weighted by atomic mass is 9.96. The van der Waals surface area contributed by atoms with Crippen LogP contribution >= 0.6 is 0 Å². The molecular weight excluding hydrogens is 286 g/mol. The first-order chi connectivity index (χ1) is 11.0. The largest absolute Gasteiger partial charge is 0.352 e. The molecule has 0 bridgehead atoms. The Morgan fingerprint density at radius 2 is 2.00 bits per heavy atom. The van der Waals surface area contributed by atoms with Crippen LogP contribution < -0.4 is 5.32 Å². The summed E-state index contributed by atoms with van der Waals surface area (Å²) in [6, 6.07) is 10.3. The van der Waals surface area contributed by atoms with Crippen molar-refractivity contribution in [2.45, 2.75) is 33.1 Å². The normalized spacial score (nSPS) is 12.5. The zero-order valence-corrected chi connectivity index (χ0v) is 14.3. The molecule has 4 nitrogen and oxygen atoms in total. The van der Waals surface area contributed by atoms with Crippen molar-refractivity contribution >= 4 is 12.0 Å². The lowest BCUT2D eigenvalue weighted by Gasteiger charge is -2.15. The third kappa shape index (κ3) is 4.31. The molecular formula is C19H25N3O. The molecule has 0 aliphatic carbocycles. The van der Waals surface area contributed by atoms with E-state index in [0.717, 1.165) is 23.4 Å². The summed E-state index contributed by atoms with van der Waals surface area (Å²) in [5, 5.41) is 7.34. The molecule has 0 aliphatic rings. The molecule has 122 valence electrons. The van der Waals surface area contributed by atoms with E-state index in [2.05, 4.69) is 29.5 Å². The minimum atomic E-state index is -0.0676. The number of carbonyl (C=O) groups excluding carboxylic acids is 1. The van der Waals surface area contributed by atoms with Gasteiger partial charge in [0.1, 0.15) is 0 Å². The molecule has 0 unspecified atom stereocenters. The van der Waals surface area contributed by atoms with Gasteiger partial charge in [-0.05, 0) is 31.9 Å². The van der Waals surface area contributed by atoms with Gasteiger partial charge in [0, 0.05) is 36.8 Å². The Kier molecular flexibility index (Phi) is 5.74. The van der Waals surface area contributed by atoms with Crippen LogP contribution in [0.1, 0.15) is 41.8 Å². The van der Waals surface area contributed by atoms with E-state index in [9.17, 15) is 4.79 Å². The van der Waals surface area contributed by atoms with Crippen LogP contribution in [0.25, 0.3) is 6.08 Å². The van der Waals surface area contributed by atoms with Crippen molar-refractivity contribution in [3.8, 4) is 0 Å². The Bertz CT molecular complexity index is 686. The van der Waals surface area contributed by atoms with E-state index in [1.165, 1.54) is 5.56 Å². The van der Waals surface area contributed by atoms with E-state index in [4.69, 9.17) is 0 Å². The van der Waals surface area contributed by atoms with Gasteiger partial charge in [-0.15, -0.1) is 0 Å². The highest BCUT2D eigenvalue weighted by atomic mass is 16.1. The third-order valence-corrected chi connectivity index (χ3v) is 4.25. The average molecular weight is 311 g/mol. The summed E-state index contributed by atoms with van der Waals surface area (Å²) in [4.78, 5) is 12.1. The van der Waals surface area contributed by atoms with Gasteiger partial charge < -0.3 is 5.32 Å². The number of nitrogens with zero attached hydrogens (tertiary/aromatic N) is 2. The van der Waals surface area contributed by atoms with Gasteiger partial charge in [-0.25, -0.2) is 0 Å². The first-order valence-corrected chi connectivity index (χ1v) is 8.04. The van der Waals surface area contributed by atoms with E-state index in [1.54, 1.807) is 6.08 Å².